The first kappa shape index (κ1) is 28.3. The molecule has 11 heteroatoms. The van der Waals surface area contributed by atoms with Crippen molar-refractivity contribution < 1.29 is 24.6 Å². The number of carbonyl (C=O) groups excluding carboxylic acids is 1. The molecule has 0 bridgehead atoms. The number of hydrogen-bond donors (Lipinski definition) is 4. The molecule has 5 N–H and O–H groups in total. The lowest BCUT2D eigenvalue weighted by atomic mass is 9.84. The Hall–Kier alpha value is -2.94. The van der Waals surface area contributed by atoms with Crippen molar-refractivity contribution >= 4 is 34.7 Å². The second-order valence-electron chi connectivity index (χ2n) is 8.46. The average molecular weight is 504 g/mol. The molecule has 1 unspecified atom stereocenters. The second kappa shape index (κ2) is 13.8. The maximum absolute atomic E-state index is 13.4. The zero-order chi connectivity index (χ0) is 25.8. The highest BCUT2D eigenvalue weighted by Crippen LogP contribution is 2.35. The molecular weight excluding hydrogens is 470 g/mol. The number of unbranched alkanes of at least 4 members (excludes halogenated alkanes) is 1. The lowest BCUT2D eigenvalue weighted by molar-refractivity contribution is -0.161. The Labute approximate surface area is 209 Å². The van der Waals surface area contributed by atoms with Gasteiger partial charge in [-0.05, 0) is 56.8 Å². The molecule has 2 rings (SSSR count). The second-order valence-corrected chi connectivity index (χ2v) is 9.25. The summed E-state index contributed by atoms with van der Waals surface area (Å²) in [6.07, 6.45) is 6.05. The van der Waals surface area contributed by atoms with Crippen LogP contribution in [-0.4, -0.2) is 75.0 Å². The van der Waals surface area contributed by atoms with E-state index < -0.39 is 35.3 Å². The van der Waals surface area contributed by atoms with Gasteiger partial charge in [0.05, 0.1) is 6.04 Å². The number of carbonyl (C=O) groups is 3. The lowest BCUT2D eigenvalue weighted by Crippen LogP contribution is -2.64. The fourth-order valence-corrected chi connectivity index (χ4v) is 4.93. The number of Topliss-reactive ketones (excluding diaryl/α,β-unsaturated/α-hetero) is 1. The van der Waals surface area contributed by atoms with Crippen LogP contribution in [0.2, 0.25) is 0 Å². The topological polar surface area (TPSA) is 169 Å². The number of nitrogens with zero attached hydrogens (tertiary/aromatic N) is 3. The number of hydrogen-bond acceptors (Lipinski definition) is 8. The summed E-state index contributed by atoms with van der Waals surface area (Å²) < 4.78 is 0. The van der Waals surface area contributed by atoms with E-state index in [2.05, 4.69) is 10.3 Å². The number of thioether (sulfide) groups is 1. The third-order valence-electron chi connectivity index (χ3n) is 6.30. The van der Waals surface area contributed by atoms with Crippen LogP contribution in [0, 0.1) is 11.5 Å². The summed E-state index contributed by atoms with van der Waals surface area (Å²) >= 11 is 1.31. The number of nitriles is 1. The number of aliphatic imine (C=N–C) groups is 1. The number of nitrogens with one attached hydrogen (secondary N) is 1. The van der Waals surface area contributed by atoms with E-state index in [9.17, 15) is 24.6 Å². The summed E-state index contributed by atoms with van der Waals surface area (Å²) in [5, 5.41) is 32.2. The Morgan fingerprint density at radius 1 is 1.26 bits per heavy atom. The molecule has 35 heavy (non-hydrogen) atoms. The van der Waals surface area contributed by atoms with E-state index in [-0.39, 0.29) is 25.8 Å². The zero-order valence-electron chi connectivity index (χ0n) is 19.9. The Kier molecular flexibility index (Phi) is 11.2. The van der Waals surface area contributed by atoms with Gasteiger partial charge in [0.25, 0.3) is 0 Å². The van der Waals surface area contributed by atoms with Crippen molar-refractivity contribution in [1.29, 1.82) is 5.26 Å². The molecule has 0 aromatic heterocycles. The fourth-order valence-electron chi connectivity index (χ4n) is 4.55. The van der Waals surface area contributed by atoms with Gasteiger partial charge >= 0.3 is 11.9 Å². The number of carboxylic acid groups (broad SMARTS) is 2. The monoisotopic (exact) mass is 503 g/mol. The minimum Gasteiger partial charge on any atom is -0.480 e. The van der Waals surface area contributed by atoms with Gasteiger partial charge in [-0.3, -0.25) is 14.5 Å². The largest absolute Gasteiger partial charge is 0.480 e. The highest BCUT2D eigenvalue weighted by atomic mass is 32.2. The number of ketones is 1. The number of rotatable bonds is 13. The predicted octanol–water partition coefficient (Wildman–Crippen LogP) is 1.85. The average Bonchev–Trinajstić information content (AvgIpc) is 3.29. The van der Waals surface area contributed by atoms with E-state index in [1.807, 2.05) is 30.3 Å². The molecule has 0 radical (unpaired) electrons. The molecule has 0 saturated carbocycles. The highest BCUT2D eigenvalue weighted by molar-refractivity contribution is 8.13. The fraction of sp³-hybridized carbons (Fsp3) is 0.542. The molecular formula is C24H33N5O5S. The lowest BCUT2D eigenvalue weighted by Gasteiger charge is -2.38. The summed E-state index contributed by atoms with van der Waals surface area (Å²) in [5.74, 6) is -3.14. The summed E-state index contributed by atoms with van der Waals surface area (Å²) in [7, 11) is 0. The molecule has 1 aromatic rings. The summed E-state index contributed by atoms with van der Waals surface area (Å²) in [6.45, 7) is 0.731. The van der Waals surface area contributed by atoms with Gasteiger partial charge < -0.3 is 21.3 Å². The maximum atomic E-state index is 13.4. The quantitative estimate of drug-likeness (QED) is 0.102. The number of carboxylic acids is 2. The van der Waals surface area contributed by atoms with Gasteiger partial charge in [0.15, 0.2) is 16.5 Å². The van der Waals surface area contributed by atoms with Gasteiger partial charge in [-0.2, -0.15) is 5.26 Å². The van der Waals surface area contributed by atoms with Crippen LogP contribution >= 0.6 is 11.8 Å². The SMILES string of the molecule is CS/C(=N/C#N)NCCCC[C@H](N)C(=O)[C@@]1(C(=O)O)CCCN1C(CCc1ccccc1)C(=O)O. The molecule has 3 atom stereocenters. The molecule has 1 aromatic carbocycles. The molecule has 1 heterocycles. The molecule has 1 fully saturated rings. The van der Waals surface area contributed by atoms with Crippen LogP contribution in [0.5, 0.6) is 0 Å². The van der Waals surface area contributed by atoms with Crippen LogP contribution in [0.15, 0.2) is 35.3 Å². The van der Waals surface area contributed by atoms with Gasteiger partial charge in [0.1, 0.15) is 6.04 Å². The van der Waals surface area contributed by atoms with E-state index in [1.165, 1.54) is 16.7 Å². The molecule has 1 aliphatic heterocycles. The van der Waals surface area contributed by atoms with Gasteiger partial charge in [0.2, 0.25) is 6.19 Å². The molecule has 0 spiro atoms. The standard InChI is InChI=1S/C24H33N5O5S/c1-35-23(28-16-25)27-14-6-5-10-18(26)20(30)24(22(33)34)13-7-15-29(24)19(21(31)32)12-11-17-8-3-2-4-9-17/h2-4,8-9,18-19H,5-7,10-15,26H2,1H3,(H,27,28)(H,31,32)(H,33,34)/t18-,19?,24+/m0/s1. The third kappa shape index (κ3) is 7.27. The molecule has 1 aliphatic rings. The van der Waals surface area contributed by atoms with Crippen molar-refractivity contribution in [3.63, 3.8) is 0 Å². The third-order valence-corrected chi connectivity index (χ3v) is 6.92. The van der Waals surface area contributed by atoms with E-state index in [4.69, 9.17) is 11.0 Å². The first-order valence-electron chi connectivity index (χ1n) is 11.6. The first-order valence-corrected chi connectivity index (χ1v) is 12.8. The molecule has 0 aliphatic carbocycles. The van der Waals surface area contributed by atoms with Crippen molar-refractivity contribution in [3.05, 3.63) is 35.9 Å². The van der Waals surface area contributed by atoms with Crippen LogP contribution in [0.1, 0.15) is 44.1 Å². The van der Waals surface area contributed by atoms with Gasteiger partial charge in [-0.1, -0.05) is 42.1 Å². The van der Waals surface area contributed by atoms with Crippen LogP contribution in [-0.2, 0) is 20.8 Å². The van der Waals surface area contributed by atoms with Gasteiger partial charge in [-0.15, -0.1) is 4.99 Å². The van der Waals surface area contributed by atoms with E-state index in [1.54, 1.807) is 12.4 Å². The van der Waals surface area contributed by atoms with E-state index in [0.717, 1.165) is 5.56 Å². The van der Waals surface area contributed by atoms with Gasteiger partial charge in [0, 0.05) is 13.1 Å². The van der Waals surface area contributed by atoms with Crippen LogP contribution in [0.3, 0.4) is 0 Å². The molecule has 190 valence electrons. The highest BCUT2D eigenvalue weighted by Gasteiger charge is 2.57. The van der Waals surface area contributed by atoms with Crippen molar-refractivity contribution in [2.75, 3.05) is 19.3 Å². The van der Waals surface area contributed by atoms with Crippen LogP contribution in [0.25, 0.3) is 0 Å². The van der Waals surface area contributed by atoms with Crippen molar-refractivity contribution in [3.8, 4) is 6.19 Å². The minimum atomic E-state index is -1.94. The van der Waals surface area contributed by atoms with Crippen LogP contribution < -0.4 is 11.1 Å². The number of nitrogens with two attached hydrogens (primary N) is 1. The Morgan fingerprint density at radius 3 is 2.57 bits per heavy atom. The zero-order valence-corrected chi connectivity index (χ0v) is 20.7. The number of benzene rings is 1. The number of likely N-dealkylation sites (tertiary alicyclic amines) is 1. The predicted molar refractivity (Wildman–Crippen MR) is 134 cm³/mol. The normalized spacial score (nSPS) is 20.1. The molecule has 0 amide bonds. The van der Waals surface area contributed by atoms with Crippen LogP contribution in [0.4, 0.5) is 0 Å². The summed E-state index contributed by atoms with van der Waals surface area (Å²) in [5.41, 5.74) is 5.16. The maximum Gasteiger partial charge on any atom is 0.332 e. The van der Waals surface area contributed by atoms with Crippen molar-refractivity contribution in [1.82, 2.24) is 10.2 Å². The minimum absolute atomic E-state index is 0.0350. The molecule has 10 nitrogen and oxygen atoms in total. The summed E-state index contributed by atoms with van der Waals surface area (Å²) in [6, 6.07) is 7.22. The number of amidine groups is 1. The van der Waals surface area contributed by atoms with Crippen molar-refractivity contribution in [2.24, 2.45) is 10.7 Å². The van der Waals surface area contributed by atoms with E-state index in [0.29, 0.717) is 37.4 Å². The van der Waals surface area contributed by atoms with Gasteiger partial charge in [-0.25, -0.2) is 4.79 Å². The smallest absolute Gasteiger partial charge is 0.332 e. The Balaban J connectivity index is 2.07. The summed E-state index contributed by atoms with van der Waals surface area (Å²) in [4.78, 5) is 43.0. The number of aryl methyl sites for hydroxylation is 1. The van der Waals surface area contributed by atoms with Crippen molar-refractivity contribution in [2.45, 2.75) is 62.6 Å². The Morgan fingerprint density at radius 2 is 1.97 bits per heavy atom. The first-order chi connectivity index (χ1) is 16.8. The Bertz CT molecular complexity index is 951. The number of aliphatic carboxylic acids is 2. The van der Waals surface area contributed by atoms with E-state index >= 15 is 0 Å². The molecule has 1 saturated heterocycles.